The molecule has 78 valence electrons. The molecule has 2 rings (SSSR count). The molecule has 0 aromatic carbocycles. The summed E-state index contributed by atoms with van der Waals surface area (Å²) in [4.78, 5) is 21.1. The molecule has 3 unspecified atom stereocenters. The molecule has 0 saturated carbocycles. The van der Waals surface area contributed by atoms with Gasteiger partial charge in [0.05, 0.1) is 0 Å². The highest BCUT2D eigenvalue weighted by atomic mass is 16.8. The predicted molar refractivity (Wildman–Crippen MR) is 41.3 cm³/mol. The van der Waals surface area contributed by atoms with Gasteiger partial charge in [-0.1, -0.05) is 0 Å². The Hall–Kier alpha value is -1.30. The largest absolute Gasteiger partial charge is 0.508 e. The van der Waals surface area contributed by atoms with Crippen molar-refractivity contribution in [1.29, 1.82) is 0 Å². The molecule has 0 radical (unpaired) electrons. The Morgan fingerprint density at radius 1 is 1.50 bits per heavy atom. The van der Waals surface area contributed by atoms with Gasteiger partial charge >= 0.3 is 12.1 Å². The molecule has 6 nitrogen and oxygen atoms in total. The minimum atomic E-state index is -0.672. The standard InChI is InChI=1S/C8H10O6/c1-4(9)12-7-2-5(13-7)6-3-11-8(10)14-6/h5-7H,2-3H2,1H3. The van der Waals surface area contributed by atoms with Crippen LogP contribution in [-0.4, -0.2) is 37.2 Å². The number of ether oxygens (including phenoxy) is 4. The second-order valence-corrected chi connectivity index (χ2v) is 3.17. The molecule has 2 fully saturated rings. The van der Waals surface area contributed by atoms with Crippen LogP contribution in [0.5, 0.6) is 0 Å². The first-order chi connectivity index (χ1) is 6.65. The zero-order valence-electron chi connectivity index (χ0n) is 7.60. The lowest BCUT2D eigenvalue weighted by Crippen LogP contribution is -2.47. The highest BCUT2D eigenvalue weighted by molar-refractivity contribution is 5.66. The fourth-order valence-corrected chi connectivity index (χ4v) is 1.40. The van der Waals surface area contributed by atoms with Gasteiger partial charge in [-0.15, -0.1) is 0 Å². The summed E-state index contributed by atoms with van der Waals surface area (Å²) in [5.41, 5.74) is 0. The molecule has 2 saturated heterocycles. The van der Waals surface area contributed by atoms with Crippen molar-refractivity contribution in [3.8, 4) is 0 Å². The van der Waals surface area contributed by atoms with E-state index in [0.717, 1.165) is 0 Å². The summed E-state index contributed by atoms with van der Waals surface area (Å²) in [6.45, 7) is 1.52. The van der Waals surface area contributed by atoms with Gasteiger partial charge in [-0.3, -0.25) is 4.79 Å². The average molecular weight is 202 g/mol. The average Bonchev–Trinajstić information content (AvgIpc) is 2.42. The van der Waals surface area contributed by atoms with Crippen molar-refractivity contribution in [1.82, 2.24) is 0 Å². The number of cyclic esters (lactones) is 2. The molecule has 0 N–H and O–H groups in total. The van der Waals surface area contributed by atoms with Gasteiger partial charge in [-0.2, -0.15) is 0 Å². The quantitative estimate of drug-likeness (QED) is 0.595. The van der Waals surface area contributed by atoms with Crippen molar-refractivity contribution in [2.75, 3.05) is 6.61 Å². The summed E-state index contributed by atoms with van der Waals surface area (Å²) in [6, 6.07) is 0. The van der Waals surface area contributed by atoms with E-state index < -0.39 is 12.4 Å². The predicted octanol–water partition coefficient (Wildman–Crippen LogP) is 0.200. The van der Waals surface area contributed by atoms with Crippen LogP contribution in [0.1, 0.15) is 13.3 Å². The molecular weight excluding hydrogens is 192 g/mol. The third-order valence-electron chi connectivity index (χ3n) is 2.08. The summed E-state index contributed by atoms with van der Waals surface area (Å²) in [5, 5.41) is 0. The Kier molecular flexibility index (Phi) is 2.28. The number of hydrogen-bond acceptors (Lipinski definition) is 6. The van der Waals surface area contributed by atoms with Gasteiger partial charge in [-0.25, -0.2) is 4.79 Å². The fraction of sp³-hybridized carbons (Fsp3) is 0.750. The monoisotopic (exact) mass is 202 g/mol. The van der Waals surface area contributed by atoms with E-state index in [-0.39, 0.29) is 24.8 Å². The second-order valence-electron chi connectivity index (χ2n) is 3.17. The van der Waals surface area contributed by atoms with Crippen LogP contribution < -0.4 is 0 Å². The molecule has 2 aliphatic rings. The van der Waals surface area contributed by atoms with E-state index in [2.05, 4.69) is 4.74 Å². The van der Waals surface area contributed by atoms with Crippen molar-refractivity contribution >= 4 is 12.1 Å². The Morgan fingerprint density at radius 2 is 2.21 bits per heavy atom. The Bertz CT molecular complexity index is 257. The summed E-state index contributed by atoms with van der Waals surface area (Å²) in [7, 11) is 0. The number of esters is 1. The van der Waals surface area contributed by atoms with E-state index >= 15 is 0 Å². The zero-order valence-corrected chi connectivity index (χ0v) is 7.60. The SMILES string of the molecule is CC(=O)OC1CC(C2COC(=O)O2)O1. The molecular formula is C8H10O6. The number of carbonyl (C=O) groups excluding carboxylic acids is 2. The molecule has 0 bridgehead atoms. The lowest BCUT2D eigenvalue weighted by molar-refractivity contribution is -0.264. The van der Waals surface area contributed by atoms with Crippen LogP contribution in [0.2, 0.25) is 0 Å². The van der Waals surface area contributed by atoms with Crippen LogP contribution >= 0.6 is 0 Å². The van der Waals surface area contributed by atoms with Gasteiger partial charge in [0.15, 0.2) is 6.10 Å². The molecule has 0 aromatic heterocycles. The molecule has 2 aliphatic heterocycles. The highest BCUT2D eigenvalue weighted by Gasteiger charge is 2.43. The first kappa shape index (κ1) is 9.26. The zero-order chi connectivity index (χ0) is 10.1. The molecule has 3 atom stereocenters. The summed E-state index contributed by atoms with van der Waals surface area (Å²) in [6.07, 6.45) is -1.22. The van der Waals surface area contributed by atoms with Gasteiger partial charge in [0.1, 0.15) is 12.7 Å². The van der Waals surface area contributed by atoms with Crippen LogP contribution in [0.15, 0.2) is 0 Å². The van der Waals surface area contributed by atoms with Gasteiger partial charge in [-0.05, 0) is 0 Å². The van der Waals surface area contributed by atoms with Crippen molar-refractivity contribution < 1.29 is 28.5 Å². The topological polar surface area (TPSA) is 71.1 Å². The van der Waals surface area contributed by atoms with Gasteiger partial charge in [0, 0.05) is 13.3 Å². The second kappa shape index (κ2) is 3.45. The maximum absolute atomic E-state index is 10.6. The molecule has 0 aliphatic carbocycles. The molecule has 2 heterocycles. The van der Waals surface area contributed by atoms with Gasteiger partial charge in [0.25, 0.3) is 0 Å². The summed E-state index contributed by atoms with van der Waals surface area (Å²) < 4.78 is 19.3. The van der Waals surface area contributed by atoms with Crippen LogP contribution in [0.3, 0.4) is 0 Å². The third kappa shape index (κ3) is 1.79. The molecule has 14 heavy (non-hydrogen) atoms. The first-order valence-electron chi connectivity index (χ1n) is 4.31. The molecule has 0 amide bonds. The minimum absolute atomic E-state index is 0.205. The van der Waals surface area contributed by atoms with Gasteiger partial charge < -0.3 is 18.9 Å². The van der Waals surface area contributed by atoms with E-state index in [1.807, 2.05) is 0 Å². The highest BCUT2D eigenvalue weighted by Crippen LogP contribution is 2.28. The molecule has 0 aromatic rings. The van der Waals surface area contributed by atoms with E-state index in [1.165, 1.54) is 6.92 Å². The van der Waals surface area contributed by atoms with Crippen molar-refractivity contribution in [2.45, 2.75) is 31.8 Å². The van der Waals surface area contributed by atoms with E-state index in [4.69, 9.17) is 14.2 Å². The smallest absolute Gasteiger partial charge is 0.436 e. The number of carbonyl (C=O) groups is 2. The normalized spacial score (nSPS) is 35.5. The Balaban J connectivity index is 1.72. The summed E-state index contributed by atoms with van der Waals surface area (Å²) >= 11 is 0. The first-order valence-corrected chi connectivity index (χ1v) is 4.31. The number of hydrogen-bond donors (Lipinski definition) is 0. The summed E-state index contributed by atoms with van der Waals surface area (Å²) in [5.74, 6) is -0.381. The lowest BCUT2D eigenvalue weighted by atomic mass is 10.1. The van der Waals surface area contributed by atoms with E-state index in [0.29, 0.717) is 6.42 Å². The lowest BCUT2D eigenvalue weighted by Gasteiger charge is -2.36. The molecule has 6 heteroatoms. The molecule has 0 spiro atoms. The minimum Gasteiger partial charge on any atom is -0.436 e. The van der Waals surface area contributed by atoms with Crippen LogP contribution in [0, 0.1) is 0 Å². The van der Waals surface area contributed by atoms with Crippen molar-refractivity contribution in [2.24, 2.45) is 0 Å². The van der Waals surface area contributed by atoms with Crippen LogP contribution in [0.25, 0.3) is 0 Å². The van der Waals surface area contributed by atoms with Crippen LogP contribution in [-0.2, 0) is 23.7 Å². The van der Waals surface area contributed by atoms with Crippen molar-refractivity contribution in [3.63, 3.8) is 0 Å². The maximum Gasteiger partial charge on any atom is 0.508 e. The van der Waals surface area contributed by atoms with E-state index in [9.17, 15) is 9.59 Å². The van der Waals surface area contributed by atoms with Crippen molar-refractivity contribution in [3.05, 3.63) is 0 Å². The Morgan fingerprint density at radius 3 is 2.71 bits per heavy atom. The van der Waals surface area contributed by atoms with Gasteiger partial charge in [0.2, 0.25) is 6.29 Å². The number of rotatable bonds is 2. The van der Waals surface area contributed by atoms with E-state index in [1.54, 1.807) is 0 Å². The maximum atomic E-state index is 10.6. The Labute approximate surface area is 80.1 Å². The fourth-order valence-electron chi connectivity index (χ4n) is 1.40. The third-order valence-corrected chi connectivity index (χ3v) is 2.08. The van der Waals surface area contributed by atoms with Crippen LogP contribution in [0.4, 0.5) is 4.79 Å².